The Morgan fingerprint density at radius 1 is 1.67 bits per heavy atom. The molecule has 0 bridgehead atoms. The number of aliphatic hydroxyl groups is 1. The summed E-state index contributed by atoms with van der Waals surface area (Å²) < 4.78 is 4.48. The van der Waals surface area contributed by atoms with Gasteiger partial charge in [-0.25, -0.2) is 14.8 Å². The largest absolute Gasteiger partial charge is 0.464 e. The molecule has 1 rings (SSSR count). The van der Waals surface area contributed by atoms with Crippen LogP contribution in [0, 0.1) is 0 Å². The van der Waals surface area contributed by atoms with Crippen LogP contribution in [0.4, 0.5) is 0 Å². The molecule has 0 fully saturated rings. The van der Waals surface area contributed by atoms with Gasteiger partial charge in [0.05, 0.1) is 7.11 Å². The minimum Gasteiger partial charge on any atom is -0.464 e. The Kier molecular flexibility index (Phi) is 4.20. The third-order valence-corrected chi connectivity index (χ3v) is 1.94. The minimum atomic E-state index is -0.517. The molecule has 0 amide bonds. The maximum Gasteiger partial charge on any atom is 0.356 e. The van der Waals surface area contributed by atoms with Crippen molar-refractivity contribution in [2.45, 2.75) is 0 Å². The van der Waals surface area contributed by atoms with Crippen molar-refractivity contribution in [2.75, 3.05) is 13.8 Å². The van der Waals surface area contributed by atoms with Crippen LogP contribution in [0.2, 0.25) is 0 Å². The number of nitrogens with zero attached hydrogens (tertiary/aromatic N) is 2. The Morgan fingerprint density at radius 3 is 2.87 bits per heavy atom. The molecule has 80 valence electrons. The molecule has 0 radical (unpaired) electrons. The van der Waals surface area contributed by atoms with Crippen molar-refractivity contribution >= 4 is 22.7 Å². The van der Waals surface area contributed by atoms with Crippen molar-refractivity contribution in [1.82, 2.24) is 4.98 Å². The average molecular weight is 229 g/mol. The maximum atomic E-state index is 11.0. The number of pyridine rings is 1. The zero-order chi connectivity index (χ0) is 11.3. The first-order chi connectivity index (χ1) is 7.19. The summed E-state index contributed by atoms with van der Waals surface area (Å²) in [7, 11) is 1.28. The van der Waals surface area contributed by atoms with Gasteiger partial charge >= 0.3 is 5.97 Å². The number of aliphatic imine (C=N–C) groups is 1. The highest BCUT2D eigenvalue weighted by Crippen LogP contribution is 2.06. The van der Waals surface area contributed by atoms with E-state index in [1.165, 1.54) is 19.4 Å². The molecule has 0 atom stereocenters. The number of methoxy groups -OCH3 is 1. The van der Waals surface area contributed by atoms with E-state index in [9.17, 15) is 4.79 Å². The van der Waals surface area contributed by atoms with Gasteiger partial charge in [-0.2, -0.15) is 0 Å². The van der Waals surface area contributed by atoms with Gasteiger partial charge in [-0.1, -0.05) is 11.6 Å². The van der Waals surface area contributed by atoms with E-state index in [4.69, 9.17) is 16.7 Å². The molecule has 0 aliphatic rings. The third-order valence-electron chi connectivity index (χ3n) is 1.61. The fraction of sp³-hybridized carbons (Fsp3) is 0.222. The fourth-order valence-corrected chi connectivity index (χ4v) is 1.06. The molecule has 0 saturated carbocycles. The van der Waals surface area contributed by atoms with Gasteiger partial charge in [0.1, 0.15) is 17.6 Å². The van der Waals surface area contributed by atoms with Gasteiger partial charge in [-0.05, 0) is 12.1 Å². The SMILES string of the molecule is COC(=O)c1ccc(C(Cl)=NCO)cn1. The third kappa shape index (κ3) is 3.00. The lowest BCUT2D eigenvalue weighted by molar-refractivity contribution is 0.0594. The van der Waals surface area contributed by atoms with E-state index < -0.39 is 12.7 Å². The topological polar surface area (TPSA) is 71.8 Å². The van der Waals surface area contributed by atoms with Crippen LogP contribution in [0.5, 0.6) is 0 Å². The fourth-order valence-electron chi connectivity index (χ4n) is 0.895. The lowest BCUT2D eigenvalue weighted by Crippen LogP contribution is -2.05. The van der Waals surface area contributed by atoms with Gasteiger partial charge in [0.15, 0.2) is 0 Å². The Labute approximate surface area is 91.4 Å². The molecule has 1 aromatic rings. The Bertz CT molecular complexity index is 375. The minimum absolute atomic E-state index is 0.140. The number of hydrogen-bond donors (Lipinski definition) is 1. The molecule has 0 saturated heterocycles. The number of halogens is 1. The molecule has 15 heavy (non-hydrogen) atoms. The van der Waals surface area contributed by atoms with Crippen molar-refractivity contribution < 1.29 is 14.6 Å². The summed E-state index contributed by atoms with van der Waals surface area (Å²) in [6, 6.07) is 3.04. The summed E-state index contributed by atoms with van der Waals surface area (Å²) in [6.07, 6.45) is 1.38. The second-order valence-corrected chi connectivity index (χ2v) is 2.87. The van der Waals surface area contributed by atoms with E-state index in [0.29, 0.717) is 5.56 Å². The van der Waals surface area contributed by atoms with Gasteiger partial charge in [0.25, 0.3) is 0 Å². The van der Waals surface area contributed by atoms with E-state index in [1.807, 2.05) is 0 Å². The highest BCUT2D eigenvalue weighted by molar-refractivity contribution is 6.69. The smallest absolute Gasteiger partial charge is 0.356 e. The van der Waals surface area contributed by atoms with Crippen molar-refractivity contribution in [3.8, 4) is 0 Å². The maximum absolute atomic E-state index is 11.0. The molecule has 1 heterocycles. The van der Waals surface area contributed by atoms with E-state index in [1.54, 1.807) is 6.07 Å². The van der Waals surface area contributed by atoms with Crippen LogP contribution in [0.3, 0.4) is 0 Å². The average Bonchev–Trinajstić information content (AvgIpc) is 2.28. The number of carbonyl (C=O) groups is 1. The van der Waals surface area contributed by atoms with Crippen LogP contribution in [-0.4, -0.2) is 35.1 Å². The summed E-state index contributed by atoms with van der Waals surface area (Å²) in [5.41, 5.74) is 0.716. The highest BCUT2D eigenvalue weighted by atomic mass is 35.5. The molecular weight excluding hydrogens is 220 g/mol. The molecule has 6 heteroatoms. The van der Waals surface area contributed by atoms with Gasteiger partial charge in [0.2, 0.25) is 0 Å². The molecule has 1 N–H and O–H groups in total. The summed E-state index contributed by atoms with van der Waals surface area (Å²) in [6.45, 7) is -0.391. The molecular formula is C9H9ClN2O3. The number of hydrogen-bond acceptors (Lipinski definition) is 5. The predicted molar refractivity (Wildman–Crippen MR) is 55.1 cm³/mol. The van der Waals surface area contributed by atoms with E-state index in [2.05, 4.69) is 14.7 Å². The van der Waals surface area contributed by atoms with E-state index in [-0.39, 0.29) is 10.9 Å². The zero-order valence-electron chi connectivity index (χ0n) is 7.98. The first-order valence-corrected chi connectivity index (χ1v) is 4.42. The van der Waals surface area contributed by atoms with Crippen molar-refractivity contribution in [3.05, 3.63) is 29.6 Å². The van der Waals surface area contributed by atoms with Crippen LogP contribution in [0.25, 0.3) is 0 Å². The zero-order valence-corrected chi connectivity index (χ0v) is 8.73. The monoisotopic (exact) mass is 228 g/mol. The number of ether oxygens (including phenoxy) is 1. The molecule has 0 unspecified atom stereocenters. The second kappa shape index (κ2) is 5.43. The number of rotatable bonds is 3. The predicted octanol–water partition coefficient (Wildman–Crippen LogP) is 0.803. The number of aliphatic hydroxyl groups excluding tert-OH is 1. The van der Waals surface area contributed by atoms with Crippen LogP contribution in [-0.2, 0) is 4.74 Å². The first kappa shape index (κ1) is 11.6. The molecule has 0 aliphatic carbocycles. The van der Waals surface area contributed by atoms with Crippen LogP contribution < -0.4 is 0 Å². The van der Waals surface area contributed by atoms with Crippen molar-refractivity contribution in [2.24, 2.45) is 4.99 Å². The molecule has 5 nitrogen and oxygen atoms in total. The standard InChI is InChI=1S/C9H9ClN2O3/c1-15-9(14)7-3-2-6(4-11-7)8(10)12-5-13/h2-4,13H,5H2,1H3. The number of esters is 1. The van der Waals surface area contributed by atoms with Crippen molar-refractivity contribution in [3.63, 3.8) is 0 Å². The van der Waals surface area contributed by atoms with E-state index >= 15 is 0 Å². The van der Waals surface area contributed by atoms with Crippen LogP contribution in [0.15, 0.2) is 23.3 Å². The second-order valence-electron chi connectivity index (χ2n) is 2.51. The molecule has 0 spiro atoms. The highest BCUT2D eigenvalue weighted by Gasteiger charge is 2.07. The normalized spacial score (nSPS) is 11.3. The van der Waals surface area contributed by atoms with Crippen LogP contribution in [0.1, 0.15) is 16.1 Å². The lowest BCUT2D eigenvalue weighted by Gasteiger charge is -2.00. The molecule has 0 aliphatic heterocycles. The quantitative estimate of drug-likeness (QED) is 0.614. The summed E-state index contributed by atoms with van der Waals surface area (Å²) in [4.78, 5) is 18.4. The van der Waals surface area contributed by atoms with E-state index in [0.717, 1.165) is 0 Å². The Morgan fingerprint density at radius 2 is 2.40 bits per heavy atom. The lowest BCUT2D eigenvalue weighted by atomic mass is 10.2. The number of aromatic nitrogens is 1. The van der Waals surface area contributed by atoms with Gasteiger partial charge in [-0.15, -0.1) is 0 Å². The summed E-state index contributed by atoms with van der Waals surface area (Å²) in [5, 5.41) is 8.65. The first-order valence-electron chi connectivity index (χ1n) is 4.04. The van der Waals surface area contributed by atoms with Gasteiger partial charge in [-0.3, -0.25) is 0 Å². The number of carbonyl (C=O) groups excluding carboxylic acids is 1. The molecule has 0 aromatic carbocycles. The summed E-state index contributed by atoms with van der Waals surface area (Å²) >= 11 is 5.71. The van der Waals surface area contributed by atoms with Crippen molar-refractivity contribution in [1.29, 1.82) is 0 Å². The van der Waals surface area contributed by atoms with Gasteiger partial charge in [0, 0.05) is 11.8 Å². The Balaban J connectivity index is 2.90. The molecule has 1 aromatic heterocycles. The Hall–Kier alpha value is -1.46. The van der Waals surface area contributed by atoms with Gasteiger partial charge < -0.3 is 9.84 Å². The van der Waals surface area contributed by atoms with Crippen LogP contribution >= 0.6 is 11.6 Å². The summed E-state index contributed by atoms with van der Waals surface area (Å²) in [5.74, 6) is -0.517.